The summed E-state index contributed by atoms with van der Waals surface area (Å²) in [5, 5.41) is 2.92. The monoisotopic (exact) mass is 495 g/mol. The highest BCUT2D eigenvalue weighted by atomic mass is 32.2. The Morgan fingerprint density at radius 1 is 1.00 bits per heavy atom. The number of carbonyl (C=O) groups excluding carboxylic acids is 1. The van der Waals surface area contributed by atoms with Crippen molar-refractivity contribution in [1.29, 1.82) is 0 Å². The van der Waals surface area contributed by atoms with Crippen molar-refractivity contribution in [1.82, 2.24) is 4.31 Å². The quantitative estimate of drug-likeness (QED) is 0.530. The number of morpholine rings is 1. The van der Waals surface area contributed by atoms with E-state index in [1.54, 1.807) is 24.3 Å². The molecule has 1 heterocycles. The third kappa shape index (κ3) is 5.64. The number of hydrogen-bond donors (Lipinski definition) is 1. The summed E-state index contributed by atoms with van der Waals surface area (Å²) in [4.78, 5) is 15.6. The van der Waals surface area contributed by atoms with Crippen LogP contribution in [0.4, 0.5) is 11.4 Å². The lowest BCUT2D eigenvalue weighted by Gasteiger charge is -2.30. The Morgan fingerprint density at radius 2 is 1.74 bits per heavy atom. The molecule has 4 rings (SSSR count). The number of nitrogens with one attached hydrogen (secondary N) is 1. The first-order valence-electron chi connectivity index (χ1n) is 11.3. The van der Waals surface area contributed by atoms with E-state index in [0.717, 1.165) is 9.87 Å². The highest BCUT2D eigenvalue weighted by Gasteiger charge is 2.25. The van der Waals surface area contributed by atoms with Crippen molar-refractivity contribution in [3.8, 4) is 11.5 Å². The fourth-order valence-electron chi connectivity index (χ4n) is 3.80. The summed E-state index contributed by atoms with van der Waals surface area (Å²) in [5.41, 5.74) is 2.45. The van der Waals surface area contributed by atoms with Gasteiger partial charge in [0, 0.05) is 32.9 Å². The van der Waals surface area contributed by atoms with Crippen LogP contribution < -0.4 is 15.0 Å². The van der Waals surface area contributed by atoms with Crippen LogP contribution in [0.1, 0.15) is 15.9 Å². The predicted octanol–water partition coefficient (Wildman–Crippen LogP) is 4.13. The number of anilines is 2. The molecule has 9 heteroatoms. The molecule has 8 nitrogen and oxygen atoms in total. The summed E-state index contributed by atoms with van der Waals surface area (Å²) in [7, 11) is -0.796. The van der Waals surface area contributed by atoms with Crippen molar-refractivity contribution in [3.63, 3.8) is 0 Å². The Labute approximate surface area is 206 Å². The Morgan fingerprint density at radius 3 is 2.46 bits per heavy atom. The van der Waals surface area contributed by atoms with Gasteiger partial charge in [-0.2, -0.15) is 0 Å². The molecule has 0 unspecified atom stereocenters. The zero-order valence-electron chi connectivity index (χ0n) is 20.0. The molecule has 0 bridgehead atoms. The first-order chi connectivity index (χ1) is 16.8. The summed E-state index contributed by atoms with van der Waals surface area (Å²) >= 11 is 0. The van der Waals surface area contributed by atoms with Crippen molar-refractivity contribution < 1.29 is 22.7 Å². The highest BCUT2D eigenvalue weighted by Crippen LogP contribution is 2.32. The molecule has 184 valence electrons. The Kier molecular flexibility index (Phi) is 7.39. The number of amides is 1. The number of hydrogen-bond acceptors (Lipinski definition) is 6. The molecule has 3 aromatic carbocycles. The number of benzene rings is 3. The zero-order valence-corrected chi connectivity index (χ0v) is 20.8. The number of sulfonamides is 1. The summed E-state index contributed by atoms with van der Waals surface area (Å²) in [6, 6.07) is 19.4. The van der Waals surface area contributed by atoms with Gasteiger partial charge >= 0.3 is 0 Å². The van der Waals surface area contributed by atoms with Gasteiger partial charge in [-0.1, -0.05) is 24.3 Å². The van der Waals surface area contributed by atoms with Crippen molar-refractivity contribution >= 4 is 27.3 Å². The second kappa shape index (κ2) is 10.5. The molecular weight excluding hydrogens is 466 g/mol. The normalized spacial score (nSPS) is 14.1. The van der Waals surface area contributed by atoms with E-state index in [9.17, 15) is 13.2 Å². The lowest BCUT2D eigenvalue weighted by molar-refractivity contribution is 0.102. The number of ether oxygens (including phenoxy) is 2. The molecule has 3 aromatic rings. The third-order valence-electron chi connectivity index (χ3n) is 5.70. The maximum Gasteiger partial charge on any atom is 0.257 e. The molecule has 0 spiro atoms. The minimum Gasteiger partial charge on any atom is -0.455 e. The molecule has 0 saturated carbocycles. The van der Waals surface area contributed by atoms with Crippen LogP contribution in [-0.4, -0.2) is 59.0 Å². The average Bonchev–Trinajstić information content (AvgIpc) is 2.85. The number of nitrogens with zero attached hydrogens (tertiary/aromatic N) is 2. The van der Waals surface area contributed by atoms with E-state index in [1.165, 1.54) is 26.2 Å². The number of aryl methyl sites for hydroxylation is 1. The fraction of sp³-hybridized carbons (Fsp3) is 0.269. The molecule has 35 heavy (non-hydrogen) atoms. The Hall–Kier alpha value is -3.40. The molecule has 0 atom stereocenters. The standard InChI is InChI=1S/C26H29N3O5S/c1-19-7-6-8-20(17-19)34-25-10-5-4-9-23(25)27-26(30)22-18-21(35(31,32)28(2)3)11-12-24(22)29-13-15-33-16-14-29/h4-12,17-18H,13-16H2,1-3H3,(H,27,30). The van der Waals surface area contributed by atoms with E-state index >= 15 is 0 Å². The summed E-state index contributed by atoms with van der Waals surface area (Å²) in [6.07, 6.45) is 0. The smallest absolute Gasteiger partial charge is 0.257 e. The minimum absolute atomic E-state index is 0.0500. The van der Waals surface area contributed by atoms with Crippen LogP contribution >= 0.6 is 0 Å². The molecular formula is C26H29N3O5S. The highest BCUT2D eigenvalue weighted by molar-refractivity contribution is 7.89. The maximum atomic E-state index is 13.6. The van der Waals surface area contributed by atoms with E-state index in [1.807, 2.05) is 42.2 Å². The summed E-state index contributed by atoms with van der Waals surface area (Å²) in [5.74, 6) is 0.707. The first-order valence-corrected chi connectivity index (χ1v) is 12.7. The molecule has 1 saturated heterocycles. The van der Waals surface area contributed by atoms with Crippen molar-refractivity contribution in [3.05, 3.63) is 77.9 Å². The maximum absolute atomic E-state index is 13.6. The largest absolute Gasteiger partial charge is 0.455 e. The fourth-order valence-corrected chi connectivity index (χ4v) is 4.73. The van der Waals surface area contributed by atoms with Crippen LogP contribution in [0.3, 0.4) is 0 Å². The Balaban J connectivity index is 1.69. The molecule has 1 aliphatic rings. The van der Waals surface area contributed by atoms with Crippen molar-refractivity contribution in [2.45, 2.75) is 11.8 Å². The van der Waals surface area contributed by atoms with Gasteiger partial charge in [-0.05, 0) is 55.0 Å². The van der Waals surface area contributed by atoms with E-state index in [-0.39, 0.29) is 10.5 Å². The molecule has 1 aliphatic heterocycles. The second-order valence-corrected chi connectivity index (χ2v) is 10.6. The molecule has 0 aliphatic carbocycles. The van der Waals surface area contributed by atoms with Gasteiger partial charge in [0.2, 0.25) is 10.0 Å². The molecule has 1 fully saturated rings. The van der Waals surface area contributed by atoms with Crippen LogP contribution in [0.2, 0.25) is 0 Å². The van der Waals surface area contributed by atoms with E-state index in [0.29, 0.717) is 49.2 Å². The van der Waals surface area contributed by atoms with Crippen molar-refractivity contribution in [2.24, 2.45) is 0 Å². The lowest BCUT2D eigenvalue weighted by atomic mass is 10.1. The van der Waals surface area contributed by atoms with Crippen LogP contribution in [0.25, 0.3) is 0 Å². The van der Waals surface area contributed by atoms with Crippen molar-refractivity contribution in [2.75, 3.05) is 50.6 Å². The van der Waals surface area contributed by atoms with Crippen LogP contribution in [0.15, 0.2) is 71.6 Å². The third-order valence-corrected chi connectivity index (χ3v) is 7.51. The van der Waals surface area contributed by atoms with Gasteiger partial charge in [0.15, 0.2) is 5.75 Å². The van der Waals surface area contributed by atoms with Gasteiger partial charge in [0.05, 0.1) is 29.4 Å². The van der Waals surface area contributed by atoms with E-state index < -0.39 is 15.9 Å². The summed E-state index contributed by atoms with van der Waals surface area (Å²) in [6.45, 7) is 4.25. The zero-order chi connectivity index (χ0) is 25.0. The van der Waals surface area contributed by atoms with E-state index in [2.05, 4.69) is 5.32 Å². The molecule has 1 N–H and O–H groups in total. The van der Waals surface area contributed by atoms with Crippen LogP contribution in [-0.2, 0) is 14.8 Å². The number of para-hydroxylation sites is 2. The minimum atomic E-state index is -3.72. The van der Waals surface area contributed by atoms with Gasteiger partial charge < -0.3 is 19.7 Å². The van der Waals surface area contributed by atoms with Gasteiger partial charge in [-0.3, -0.25) is 4.79 Å². The Bertz CT molecular complexity index is 1320. The molecule has 0 aromatic heterocycles. The van der Waals surface area contributed by atoms with Crippen LogP contribution in [0.5, 0.6) is 11.5 Å². The van der Waals surface area contributed by atoms with Gasteiger partial charge in [-0.25, -0.2) is 12.7 Å². The van der Waals surface area contributed by atoms with Gasteiger partial charge in [-0.15, -0.1) is 0 Å². The second-order valence-electron chi connectivity index (χ2n) is 8.43. The molecule has 0 radical (unpaired) electrons. The number of carbonyl (C=O) groups is 1. The topological polar surface area (TPSA) is 88.2 Å². The summed E-state index contributed by atoms with van der Waals surface area (Å²) < 4.78 is 38.2. The van der Waals surface area contributed by atoms with Gasteiger partial charge in [0.1, 0.15) is 5.75 Å². The lowest BCUT2D eigenvalue weighted by Crippen LogP contribution is -2.37. The number of rotatable bonds is 7. The van der Waals surface area contributed by atoms with E-state index in [4.69, 9.17) is 9.47 Å². The van der Waals surface area contributed by atoms with Crippen LogP contribution in [0, 0.1) is 6.92 Å². The first kappa shape index (κ1) is 24.7. The molecule has 1 amide bonds. The average molecular weight is 496 g/mol. The SMILES string of the molecule is Cc1cccc(Oc2ccccc2NC(=O)c2cc(S(=O)(=O)N(C)C)ccc2N2CCOCC2)c1. The van der Waals surface area contributed by atoms with Gasteiger partial charge in [0.25, 0.3) is 5.91 Å². The predicted molar refractivity (Wildman–Crippen MR) is 136 cm³/mol.